The number of fused-ring (bicyclic) bond motifs is 1. The lowest BCUT2D eigenvalue weighted by molar-refractivity contribution is -0.165. The molecular formula is C31H42O7. The molecule has 0 bridgehead atoms. The molecule has 0 spiro atoms. The van der Waals surface area contributed by atoms with E-state index in [0.29, 0.717) is 31.4 Å². The first-order valence-corrected chi connectivity index (χ1v) is 14.1. The molecule has 0 saturated carbocycles. The van der Waals surface area contributed by atoms with E-state index >= 15 is 0 Å². The molecule has 7 nitrogen and oxygen atoms in total. The molecule has 2 N–H and O–H groups in total. The summed E-state index contributed by atoms with van der Waals surface area (Å²) in [4.78, 5) is 25.2. The summed E-state index contributed by atoms with van der Waals surface area (Å²) in [5, 5.41) is 20.6. The van der Waals surface area contributed by atoms with Crippen LogP contribution in [0.5, 0.6) is 5.75 Å². The molecule has 38 heavy (non-hydrogen) atoms. The Bertz CT molecular complexity index is 1040. The van der Waals surface area contributed by atoms with Gasteiger partial charge in [-0.05, 0) is 54.2 Å². The Balaban J connectivity index is 1.49. The van der Waals surface area contributed by atoms with Gasteiger partial charge in [0, 0.05) is 18.8 Å². The van der Waals surface area contributed by atoms with Gasteiger partial charge in [-0.3, -0.25) is 4.79 Å². The Morgan fingerprint density at radius 3 is 2.63 bits per heavy atom. The third kappa shape index (κ3) is 6.67. The minimum atomic E-state index is -0.750. The van der Waals surface area contributed by atoms with Gasteiger partial charge in [-0.1, -0.05) is 64.1 Å². The number of carbonyl (C=O) groups excluding carboxylic acids is 2. The Labute approximate surface area is 225 Å². The van der Waals surface area contributed by atoms with Gasteiger partial charge in [-0.25, -0.2) is 4.79 Å². The van der Waals surface area contributed by atoms with Gasteiger partial charge in [0.1, 0.15) is 18.0 Å². The number of aliphatic hydroxyl groups is 2. The molecule has 1 heterocycles. The minimum Gasteiger partial charge on any atom is -0.478 e. The standard InChI is InChI=1S/C31H42O7/c1-5-26(37-27-9-7-6-8-24(27)18(2)3)31(35)38-28-16-21(32)14-20-11-10-19(4)25(30(20)28)13-12-23-15-22(33)17-29(34)36-23/h6-11,14,18-19,21-23,25-26,28,30,32-33H,5,12-13,15-17H2,1-4H3/t19-,21+,22+,23+,25-,26?,28-,30-/m0/s1. The van der Waals surface area contributed by atoms with Gasteiger partial charge in [-0.2, -0.15) is 0 Å². The molecule has 1 aromatic carbocycles. The van der Waals surface area contributed by atoms with Gasteiger partial charge < -0.3 is 24.4 Å². The third-order valence-corrected chi connectivity index (χ3v) is 8.14. The van der Waals surface area contributed by atoms with Crippen LogP contribution in [-0.2, 0) is 19.1 Å². The van der Waals surface area contributed by atoms with Gasteiger partial charge >= 0.3 is 11.9 Å². The summed E-state index contributed by atoms with van der Waals surface area (Å²) in [7, 11) is 0. The molecular weight excluding hydrogens is 484 g/mol. The predicted octanol–water partition coefficient (Wildman–Crippen LogP) is 4.86. The fourth-order valence-electron chi connectivity index (χ4n) is 6.14. The largest absolute Gasteiger partial charge is 0.478 e. The van der Waals surface area contributed by atoms with E-state index in [4.69, 9.17) is 14.2 Å². The van der Waals surface area contributed by atoms with Crippen molar-refractivity contribution in [2.45, 2.75) is 103 Å². The van der Waals surface area contributed by atoms with Crippen LogP contribution in [0.2, 0.25) is 0 Å². The second-order valence-electron chi connectivity index (χ2n) is 11.3. The van der Waals surface area contributed by atoms with Gasteiger partial charge in [0.15, 0.2) is 6.10 Å². The number of aliphatic hydroxyl groups excluding tert-OH is 2. The van der Waals surface area contributed by atoms with Gasteiger partial charge in [0.25, 0.3) is 0 Å². The first kappa shape index (κ1) is 28.4. The summed E-state index contributed by atoms with van der Waals surface area (Å²) in [5.41, 5.74) is 2.02. The van der Waals surface area contributed by atoms with E-state index in [0.717, 1.165) is 17.6 Å². The van der Waals surface area contributed by atoms with Crippen LogP contribution in [0.3, 0.4) is 0 Å². The number of hydrogen-bond acceptors (Lipinski definition) is 7. The maximum Gasteiger partial charge on any atom is 0.347 e. The molecule has 8 atom stereocenters. The molecule has 2 aliphatic carbocycles. The molecule has 208 valence electrons. The van der Waals surface area contributed by atoms with Crippen molar-refractivity contribution in [3.05, 3.63) is 53.6 Å². The lowest BCUT2D eigenvalue weighted by Crippen LogP contribution is -2.44. The predicted molar refractivity (Wildman–Crippen MR) is 143 cm³/mol. The smallest absolute Gasteiger partial charge is 0.347 e. The van der Waals surface area contributed by atoms with Crippen molar-refractivity contribution in [3.8, 4) is 5.75 Å². The molecule has 4 rings (SSSR count). The topological polar surface area (TPSA) is 102 Å². The van der Waals surface area contributed by atoms with Gasteiger partial charge in [0.05, 0.1) is 18.6 Å². The van der Waals surface area contributed by atoms with E-state index in [1.54, 1.807) is 0 Å². The third-order valence-electron chi connectivity index (χ3n) is 8.14. The summed E-state index contributed by atoms with van der Waals surface area (Å²) < 4.78 is 17.8. The van der Waals surface area contributed by atoms with E-state index in [2.05, 4.69) is 26.8 Å². The molecule has 0 aromatic heterocycles. The number of cyclic esters (lactones) is 1. The fourth-order valence-corrected chi connectivity index (χ4v) is 6.14. The zero-order valence-corrected chi connectivity index (χ0v) is 22.9. The molecule has 1 saturated heterocycles. The number of carbonyl (C=O) groups is 2. The van der Waals surface area contributed by atoms with Crippen molar-refractivity contribution in [2.24, 2.45) is 17.8 Å². The minimum absolute atomic E-state index is 0.0484. The lowest BCUT2D eigenvalue weighted by atomic mass is 9.66. The normalized spacial score (nSPS) is 31.7. The average molecular weight is 527 g/mol. The van der Waals surface area contributed by atoms with E-state index in [9.17, 15) is 19.8 Å². The summed E-state index contributed by atoms with van der Waals surface area (Å²) in [6.07, 6.45) is 5.77. The Morgan fingerprint density at radius 2 is 1.92 bits per heavy atom. The van der Waals surface area contributed by atoms with Crippen molar-refractivity contribution in [2.75, 3.05) is 0 Å². The summed E-state index contributed by atoms with van der Waals surface area (Å²) in [6, 6.07) is 7.76. The zero-order valence-electron chi connectivity index (χ0n) is 22.9. The number of rotatable bonds is 9. The van der Waals surface area contributed by atoms with Crippen LogP contribution in [0.25, 0.3) is 0 Å². The number of esters is 2. The molecule has 1 unspecified atom stereocenters. The van der Waals surface area contributed by atoms with Crippen LogP contribution in [0.15, 0.2) is 48.1 Å². The maximum atomic E-state index is 13.4. The van der Waals surface area contributed by atoms with Crippen LogP contribution in [0.4, 0.5) is 0 Å². The summed E-state index contributed by atoms with van der Waals surface area (Å²) in [6.45, 7) is 8.22. The summed E-state index contributed by atoms with van der Waals surface area (Å²) >= 11 is 0. The van der Waals surface area contributed by atoms with E-state index in [-0.39, 0.29) is 42.2 Å². The average Bonchev–Trinajstić information content (AvgIpc) is 2.86. The Hall–Kier alpha value is -2.64. The van der Waals surface area contributed by atoms with Crippen LogP contribution >= 0.6 is 0 Å². The first-order chi connectivity index (χ1) is 18.2. The quantitative estimate of drug-likeness (QED) is 0.443. The van der Waals surface area contributed by atoms with Crippen molar-refractivity contribution in [3.63, 3.8) is 0 Å². The summed E-state index contributed by atoms with van der Waals surface area (Å²) in [5.74, 6) is 0.435. The molecule has 3 aliphatic rings. The van der Waals surface area contributed by atoms with Crippen molar-refractivity contribution in [1.29, 1.82) is 0 Å². The molecule has 1 aromatic rings. The van der Waals surface area contributed by atoms with Gasteiger partial charge in [0.2, 0.25) is 0 Å². The number of ether oxygens (including phenoxy) is 3. The molecule has 7 heteroatoms. The number of benzene rings is 1. The van der Waals surface area contributed by atoms with Gasteiger partial charge in [-0.15, -0.1) is 0 Å². The van der Waals surface area contributed by atoms with Crippen LogP contribution in [0.1, 0.15) is 77.7 Å². The highest BCUT2D eigenvalue weighted by Gasteiger charge is 2.43. The zero-order chi connectivity index (χ0) is 27.4. The molecule has 0 radical (unpaired) electrons. The maximum absolute atomic E-state index is 13.4. The first-order valence-electron chi connectivity index (χ1n) is 14.1. The SMILES string of the molecule is CCC(Oc1ccccc1C(C)C)C(=O)O[C@H]1C[C@H](O)C=C2C=C[C@H](C)[C@H](CC[C@@H]3C[C@@H](O)CC(=O)O3)[C@H]21. The number of allylic oxidation sites excluding steroid dienone is 2. The Morgan fingerprint density at radius 1 is 1.16 bits per heavy atom. The Kier molecular flexibility index (Phi) is 9.32. The highest BCUT2D eigenvalue weighted by Crippen LogP contribution is 2.44. The highest BCUT2D eigenvalue weighted by atomic mass is 16.6. The molecule has 1 aliphatic heterocycles. The second kappa shape index (κ2) is 12.5. The van der Waals surface area contributed by atoms with E-state index < -0.39 is 30.4 Å². The van der Waals surface area contributed by atoms with E-state index in [1.165, 1.54) is 0 Å². The second-order valence-corrected chi connectivity index (χ2v) is 11.3. The van der Waals surface area contributed by atoms with E-state index in [1.807, 2.05) is 43.3 Å². The number of para-hydroxylation sites is 1. The van der Waals surface area contributed by atoms with Crippen molar-refractivity contribution >= 4 is 11.9 Å². The fraction of sp³-hybridized carbons (Fsp3) is 0.613. The van der Waals surface area contributed by atoms with Crippen LogP contribution in [0, 0.1) is 17.8 Å². The number of hydrogen-bond donors (Lipinski definition) is 2. The molecule has 0 amide bonds. The monoisotopic (exact) mass is 526 g/mol. The lowest BCUT2D eigenvalue weighted by Gasteiger charge is -2.43. The molecule has 1 fully saturated rings. The van der Waals surface area contributed by atoms with Crippen molar-refractivity contribution < 1.29 is 34.0 Å². The van der Waals surface area contributed by atoms with Crippen LogP contribution < -0.4 is 4.74 Å². The highest BCUT2D eigenvalue weighted by molar-refractivity contribution is 5.75. The van der Waals surface area contributed by atoms with Crippen LogP contribution in [-0.4, -0.2) is 52.7 Å². The van der Waals surface area contributed by atoms with Crippen molar-refractivity contribution in [1.82, 2.24) is 0 Å².